The molecule has 2 heteroatoms. The Bertz CT molecular complexity index is 108. The first kappa shape index (κ1) is 5.69. The molecule has 3 fully saturated rings. The van der Waals surface area contributed by atoms with Crippen LogP contribution in [0.15, 0.2) is 0 Å². The van der Waals surface area contributed by atoms with Gasteiger partial charge in [0.1, 0.15) is 0 Å². The van der Waals surface area contributed by atoms with E-state index in [1.165, 1.54) is 25.7 Å². The molecular formula is C7H14N2. The van der Waals surface area contributed by atoms with Crippen molar-refractivity contribution in [2.45, 2.75) is 38.1 Å². The molecule has 0 saturated heterocycles. The molecule has 3 N–H and O–H groups in total. The van der Waals surface area contributed by atoms with Crippen molar-refractivity contribution < 1.29 is 0 Å². The summed E-state index contributed by atoms with van der Waals surface area (Å²) in [7, 11) is 0. The first-order valence-corrected chi connectivity index (χ1v) is 3.72. The van der Waals surface area contributed by atoms with Crippen LogP contribution in [0.4, 0.5) is 0 Å². The van der Waals surface area contributed by atoms with Crippen LogP contribution in [-0.4, -0.2) is 5.54 Å². The Morgan fingerprint density at radius 1 is 1.44 bits per heavy atom. The summed E-state index contributed by atoms with van der Waals surface area (Å²) in [6, 6.07) is 0. The van der Waals surface area contributed by atoms with Crippen LogP contribution in [-0.2, 0) is 0 Å². The molecule has 0 spiro atoms. The highest BCUT2D eigenvalue weighted by atomic mass is 15.3. The summed E-state index contributed by atoms with van der Waals surface area (Å²) in [4.78, 5) is 0. The maximum Gasteiger partial charge on any atom is 0.0337 e. The van der Waals surface area contributed by atoms with Gasteiger partial charge in [0.05, 0.1) is 0 Å². The fraction of sp³-hybridized carbons (Fsp3) is 1.00. The molecule has 0 aliphatic heterocycles. The Hall–Kier alpha value is -0.0800. The molecule has 0 aromatic heterocycles. The highest BCUT2D eigenvalue weighted by Crippen LogP contribution is 2.68. The number of nitrogens with two attached hydrogens (primary N) is 1. The van der Waals surface area contributed by atoms with Crippen molar-refractivity contribution >= 4 is 0 Å². The minimum absolute atomic E-state index is 0.399. The van der Waals surface area contributed by atoms with E-state index in [9.17, 15) is 0 Å². The van der Waals surface area contributed by atoms with Crippen molar-refractivity contribution in [1.29, 1.82) is 0 Å². The van der Waals surface area contributed by atoms with Gasteiger partial charge in [-0.1, -0.05) is 13.3 Å². The van der Waals surface area contributed by atoms with Gasteiger partial charge in [-0.05, 0) is 24.7 Å². The van der Waals surface area contributed by atoms with Gasteiger partial charge in [0.2, 0.25) is 0 Å². The van der Waals surface area contributed by atoms with Crippen molar-refractivity contribution in [3.05, 3.63) is 0 Å². The van der Waals surface area contributed by atoms with E-state index in [0.717, 1.165) is 5.41 Å². The minimum atomic E-state index is 0.399. The van der Waals surface area contributed by atoms with E-state index in [1.54, 1.807) is 0 Å². The summed E-state index contributed by atoms with van der Waals surface area (Å²) in [6.45, 7) is 2.28. The van der Waals surface area contributed by atoms with Crippen molar-refractivity contribution in [3.8, 4) is 0 Å². The van der Waals surface area contributed by atoms with E-state index in [-0.39, 0.29) is 0 Å². The fourth-order valence-electron chi connectivity index (χ4n) is 2.53. The molecule has 3 saturated carbocycles. The van der Waals surface area contributed by atoms with Crippen LogP contribution in [0.2, 0.25) is 0 Å². The van der Waals surface area contributed by atoms with Crippen LogP contribution in [0.3, 0.4) is 0 Å². The zero-order chi connectivity index (χ0) is 6.54. The zero-order valence-electron chi connectivity index (χ0n) is 5.91. The van der Waals surface area contributed by atoms with Gasteiger partial charge in [-0.3, -0.25) is 11.3 Å². The van der Waals surface area contributed by atoms with Crippen LogP contribution in [0.5, 0.6) is 0 Å². The molecule has 3 aliphatic rings. The van der Waals surface area contributed by atoms with Crippen LogP contribution >= 0.6 is 0 Å². The number of rotatable bonds is 2. The van der Waals surface area contributed by atoms with E-state index in [0.29, 0.717) is 5.54 Å². The molecule has 0 heterocycles. The highest BCUT2D eigenvalue weighted by molar-refractivity contribution is 5.21. The lowest BCUT2D eigenvalue weighted by atomic mass is 9.39. The smallest absolute Gasteiger partial charge is 0.0337 e. The molecule has 52 valence electrons. The van der Waals surface area contributed by atoms with Crippen LogP contribution in [0, 0.1) is 5.41 Å². The molecule has 0 amide bonds. The predicted octanol–water partition coefficient (Wildman–Crippen LogP) is 0.782. The number of hydrogen-bond donors (Lipinski definition) is 2. The summed E-state index contributed by atoms with van der Waals surface area (Å²) in [5, 5.41) is 0. The third kappa shape index (κ3) is 0.485. The molecule has 9 heavy (non-hydrogen) atoms. The number of hydrogen-bond acceptors (Lipinski definition) is 2. The zero-order valence-corrected chi connectivity index (χ0v) is 5.91. The molecule has 2 bridgehead atoms. The molecule has 3 rings (SSSR count). The lowest BCUT2D eigenvalue weighted by Gasteiger charge is -2.70. The largest absolute Gasteiger partial charge is 0.271 e. The average Bonchev–Trinajstić information content (AvgIpc) is 1.62. The molecule has 0 atom stereocenters. The Morgan fingerprint density at radius 3 is 2.33 bits per heavy atom. The molecule has 0 aromatic carbocycles. The van der Waals surface area contributed by atoms with E-state index < -0.39 is 0 Å². The van der Waals surface area contributed by atoms with Crippen molar-refractivity contribution in [2.75, 3.05) is 0 Å². The summed E-state index contributed by atoms with van der Waals surface area (Å²) in [5.74, 6) is 5.37. The quantitative estimate of drug-likeness (QED) is 0.424. The van der Waals surface area contributed by atoms with E-state index in [1.807, 2.05) is 0 Å². The maximum absolute atomic E-state index is 5.37. The topological polar surface area (TPSA) is 38.0 Å². The van der Waals surface area contributed by atoms with Gasteiger partial charge < -0.3 is 0 Å². The normalized spacial score (nSPS) is 54.0. The monoisotopic (exact) mass is 126 g/mol. The SMILES string of the molecule is CCC12CC(NN)(C1)C2. The Morgan fingerprint density at radius 2 is 2.00 bits per heavy atom. The van der Waals surface area contributed by atoms with Gasteiger partial charge in [0, 0.05) is 5.54 Å². The summed E-state index contributed by atoms with van der Waals surface area (Å²) in [6.07, 6.45) is 5.32. The first-order valence-electron chi connectivity index (χ1n) is 3.72. The summed E-state index contributed by atoms with van der Waals surface area (Å²) in [5.41, 5.74) is 4.03. The van der Waals surface area contributed by atoms with Gasteiger partial charge in [-0.2, -0.15) is 0 Å². The second kappa shape index (κ2) is 1.32. The van der Waals surface area contributed by atoms with E-state index >= 15 is 0 Å². The van der Waals surface area contributed by atoms with Crippen molar-refractivity contribution in [2.24, 2.45) is 11.3 Å². The lowest BCUT2D eigenvalue weighted by Crippen LogP contribution is -2.75. The molecule has 0 unspecified atom stereocenters. The highest BCUT2D eigenvalue weighted by Gasteiger charge is 2.66. The van der Waals surface area contributed by atoms with Crippen LogP contribution < -0.4 is 11.3 Å². The van der Waals surface area contributed by atoms with E-state index in [2.05, 4.69) is 12.3 Å². The van der Waals surface area contributed by atoms with Crippen LogP contribution in [0.25, 0.3) is 0 Å². The fourth-order valence-corrected chi connectivity index (χ4v) is 2.53. The van der Waals surface area contributed by atoms with Gasteiger partial charge in [0.25, 0.3) is 0 Å². The molecular weight excluding hydrogens is 112 g/mol. The van der Waals surface area contributed by atoms with Gasteiger partial charge in [-0.25, -0.2) is 0 Å². The first-order chi connectivity index (χ1) is 4.24. The summed E-state index contributed by atoms with van der Waals surface area (Å²) < 4.78 is 0. The molecule has 0 aromatic rings. The van der Waals surface area contributed by atoms with Crippen molar-refractivity contribution in [3.63, 3.8) is 0 Å². The minimum Gasteiger partial charge on any atom is -0.271 e. The molecule has 3 aliphatic carbocycles. The Kier molecular flexibility index (Phi) is 0.837. The number of hydrazine groups is 1. The van der Waals surface area contributed by atoms with E-state index in [4.69, 9.17) is 5.84 Å². The molecule has 2 nitrogen and oxygen atoms in total. The maximum atomic E-state index is 5.37. The van der Waals surface area contributed by atoms with Gasteiger partial charge >= 0.3 is 0 Å². The van der Waals surface area contributed by atoms with Crippen LogP contribution in [0.1, 0.15) is 32.6 Å². The Balaban J connectivity index is 1.96. The third-order valence-electron chi connectivity index (χ3n) is 3.20. The third-order valence-corrected chi connectivity index (χ3v) is 3.20. The second-order valence-corrected chi connectivity index (χ2v) is 3.81. The average molecular weight is 126 g/mol. The standard InChI is InChI=1S/C7H14N2/c1-2-6-3-7(4-6,5-6)9-8/h9H,2-5,8H2,1H3. The van der Waals surface area contributed by atoms with Gasteiger partial charge in [0.15, 0.2) is 0 Å². The number of nitrogens with one attached hydrogen (secondary N) is 1. The second-order valence-electron chi connectivity index (χ2n) is 3.81. The lowest BCUT2D eigenvalue weighted by molar-refractivity contribution is -0.156. The predicted molar refractivity (Wildman–Crippen MR) is 36.6 cm³/mol. The van der Waals surface area contributed by atoms with Gasteiger partial charge in [-0.15, -0.1) is 0 Å². The van der Waals surface area contributed by atoms with Crippen molar-refractivity contribution in [1.82, 2.24) is 5.43 Å². The Labute approximate surface area is 55.8 Å². The summed E-state index contributed by atoms with van der Waals surface area (Å²) >= 11 is 0. The molecule has 0 radical (unpaired) electrons.